The molecule has 3 heterocycles. The fraction of sp³-hybridized carbons (Fsp3) is 0.429. The molecule has 1 unspecified atom stereocenters. The summed E-state index contributed by atoms with van der Waals surface area (Å²) in [5.41, 5.74) is 7.05. The summed E-state index contributed by atoms with van der Waals surface area (Å²) in [4.78, 5) is 27.8. The molecule has 8 nitrogen and oxygen atoms in total. The van der Waals surface area contributed by atoms with Crippen LogP contribution in [0.4, 0.5) is 18.0 Å². The normalized spacial score (nSPS) is 17.1. The van der Waals surface area contributed by atoms with E-state index in [2.05, 4.69) is 15.5 Å². The Hall–Kier alpha value is -3.89. The van der Waals surface area contributed by atoms with E-state index >= 15 is 0 Å². The third-order valence-corrected chi connectivity index (χ3v) is 7.48. The van der Waals surface area contributed by atoms with Crippen LogP contribution >= 0.6 is 0 Å². The van der Waals surface area contributed by atoms with Crippen LogP contribution in [0.1, 0.15) is 71.9 Å². The first kappa shape index (κ1) is 26.7. The summed E-state index contributed by atoms with van der Waals surface area (Å²) in [6.07, 6.45) is -2.29. The maximum Gasteiger partial charge on any atom is 0.416 e. The van der Waals surface area contributed by atoms with Crippen molar-refractivity contribution in [1.29, 1.82) is 0 Å². The number of nitrogens with two attached hydrogens (primary N) is 1. The number of benzene rings is 2. The molecule has 0 radical (unpaired) electrons. The minimum absolute atomic E-state index is 0.207. The molecule has 2 aromatic carbocycles. The highest BCUT2D eigenvalue weighted by Crippen LogP contribution is 2.46. The van der Waals surface area contributed by atoms with Crippen LogP contribution in [0.3, 0.4) is 0 Å². The topological polar surface area (TPSA) is 106 Å². The van der Waals surface area contributed by atoms with Gasteiger partial charge in [0, 0.05) is 25.1 Å². The summed E-state index contributed by atoms with van der Waals surface area (Å²) < 4.78 is 42.4. The molecular weight excluding hydrogens is 509 g/mol. The van der Waals surface area contributed by atoms with Crippen molar-refractivity contribution < 1.29 is 22.8 Å². The first-order valence-electron chi connectivity index (χ1n) is 12.9. The van der Waals surface area contributed by atoms with Crippen LogP contribution in [0.2, 0.25) is 0 Å². The largest absolute Gasteiger partial charge is 0.416 e. The Morgan fingerprint density at radius 2 is 1.85 bits per heavy atom. The summed E-state index contributed by atoms with van der Waals surface area (Å²) in [6.45, 7) is 7.21. The summed E-state index contributed by atoms with van der Waals surface area (Å²) >= 11 is 0. The third-order valence-electron chi connectivity index (χ3n) is 7.48. The number of hydrogen-bond acceptors (Lipinski definition) is 4. The van der Waals surface area contributed by atoms with Gasteiger partial charge in [0.1, 0.15) is 5.82 Å². The second-order valence-corrected chi connectivity index (χ2v) is 11.2. The van der Waals surface area contributed by atoms with Crippen LogP contribution in [0.5, 0.6) is 0 Å². The van der Waals surface area contributed by atoms with Crippen molar-refractivity contribution in [2.45, 2.75) is 65.3 Å². The van der Waals surface area contributed by atoms with Gasteiger partial charge in [0.2, 0.25) is 5.91 Å². The average Bonchev–Trinajstić information content (AvgIpc) is 3.49. The van der Waals surface area contributed by atoms with Gasteiger partial charge in [-0.25, -0.2) is 4.79 Å². The SMILES string of the molecule is CC(C)(C)C1c2c(C(N)=O)ccc(-c3cccc(C(F)(F)F)c3)c2CCN1C(=O)NCc1nnc2n1CCC2. The standard InChI is InChI=1S/C28H31F3N6O2/c1-27(2,3)24-23-19(11-13-37(24)26(39)33-15-22-35-34-21-8-5-12-36(21)22)18(9-10-20(23)25(32)38)16-6-4-7-17(14-16)28(29,30)31/h4,6-7,9-10,14,24H,5,8,11-13,15H2,1-3H3,(H2,32,38)(H,33,39). The van der Waals surface area contributed by atoms with Gasteiger partial charge in [-0.1, -0.05) is 39.0 Å². The van der Waals surface area contributed by atoms with E-state index in [0.29, 0.717) is 35.5 Å². The number of alkyl halides is 3. The number of hydrogen-bond donors (Lipinski definition) is 2. The lowest BCUT2D eigenvalue weighted by molar-refractivity contribution is -0.137. The van der Waals surface area contributed by atoms with Gasteiger partial charge in [-0.15, -0.1) is 10.2 Å². The first-order valence-corrected chi connectivity index (χ1v) is 12.9. The molecule has 0 aliphatic carbocycles. The third kappa shape index (κ3) is 4.97. The Morgan fingerprint density at radius 1 is 1.08 bits per heavy atom. The molecule has 5 rings (SSSR count). The van der Waals surface area contributed by atoms with Crippen molar-refractivity contribution in [2.24, 2.45) is 11.1 Å². The molecule has 0 bridgehead atoms. The van der Waals surface area contributed by atoms with Gasteiger partial charge in [0.05, 0.1) is 18.2 Å². The average molecular weight is 541 g/mol. The van der Waals surface area contributed by atoms with Gasteiger partial charge in [-0.05, 0) is 58.7 Å². The molecule has 3 N–H and O–H groups in total. The Labute approximate surface area is 224 Å². The lowest BCUT2D eigenvalue weighted by Crippen LogP contribution is -2.50. The lowest BCUT2D eigenvalue weighted by atomic mass is 9.73. The fourth-order valence-corrected chi connectivity index (χ4v) is 5.83. The maximum atomic E-state index is 13.6. The quantitative estimate of drug-likeness (QED) is 0.493. The number of aromatic nitrogens is 3. The number of carbonyl (C=O) groups is 2. The maximum absolute atomic E-state index is 13.6. The molecule has 1 atom stereocenters. The molecular formula is C28H31F3N6O2. The van der Waals surface area contributed by atoms with Gasteiger partial charge in [-0.2, -0.15) is 13.2 Å². The number of carbonyl (C=O) groups excluding carboxylic acids is 2. The molecule has 3 amide bonds. The predicted octanol–water partition coefficient (Wildman–Crippen LogP) is 4.86. The minimum atomic E-state index is -4.49. The fourth-order valence-electron chi connectivity index (χ4n) is 5.83. The molecule has 0 saturated carbocycles. The van der Waals surface area contributed by atoms with E-state index in [4.69, 9.17) is 5.73 Å². The second-order valence-electron chi connectivity index (χ2n) is 11.2. The van der Waals surface area contributed by atoms with Crippen molar-refractivity contribution in [2.75, 3.05) is 6.54 Å². The number of fused-ring (bicyclic) bond motifs is 2. The van der Waals surface area contributed by atoms with Gasteiger partial charge in [0.25, 0.3) is 0 Å². The van der Waals surface area contributed by atoms with E-state index in [1.54, 1.807) is 23.1 Å². The molecule has 39 heavy (non-hydrogen) atoms. The Kier molecular flexibility index (Phi) is 6.64. The molecule has 0 fully saturated rings. The number of nitrogens with zero attached hydrogens (tertiary/aromatic N) is 4. The number of rotatable bonds is 4. The summed E-state index contributed by atoms with van der Waals surface area (Å²) in [7, 11) is 0. The van der Waals surface area contributed by atoms with Crippen molar-refractivity contribution in [3.8, 4) is 11.1 Å². The van der Waals surface area contributed by atoms with E-state index in [9.17, 15) is 22.8 Å². The number of nitrogens with one attached hydrogen (secondary N) is 1. The number of halogens is 3. The number of primary amides is 1. The zero-order valence-electron chi connectivity index (χ0n) is 22.1. The van der Waals surface area contributed by atoms with Crippen LogP contribution in [0.25, 0.3) is 11.1 Å². The van der Waals surface area contributed by atoms with Crippen LogP contribution in [-0.2, 0) is 32.1 Å². The van der Waals surface area contributed by atoms with Gasteiger partial charge in [0.15, 0.2) is 5.82 Å². The lowest BCUT2D eigenvalue weighted by Gasteiger charge is -2.45. The first-order chi connectivity index (χ1) is 18.4. The van der Waals surface area contributed by atoms with Crippen LogP contribution in [0, 0.1) is 5.41 Å². The molecule has 1 aromatic heterocycles. The molecule has 0 spiro atoms. The Balaban J connectivity index is 1.54. The smallest absolute Gasteiger partial charge is 0.366 e. The number of urea groups is 1. The van der Waals surface area contributed by atoms with E-state index in [1.165, 1.54) is 6.07 Å². The van der Waals surface area contributed by atoms with Crippen molar-refractivity contribution in [3.63, 3.8) is 0 Å². The van der Waals surface area contributed by atoms with Crippen LogP contribution in [0.15, 0.2) is 36.4 Å². The van der Waals surface area contributed by atoms with Crippen molar-refractivity contribution >= 4 is 11.9 Å². The molecule has 11 heteroatoms. The predicted molar refractivity (Wildman–Crippen MR) is 139 cm³/mol. The highest BCUT2D eigenvalue weighted by atomic mass is 19.4. The van der Waals surface area contributed by atoms with Crippen molar-refractivity contribution in [3.05, 3.63) is 70.3 Å². The van der Waals surface area contributed by atoms with E-state index in [-0.39, 0.29) is 18.1 Å². The van der Waals surface area contributed by atoms with Gasteiger partial charge in [-0.3, -0.25) is 4.79 Å². The highest BCUT2D eigenvalue weighted by molar-refractivity contribution is 5.96. The minimum Gasteiger partial charge on any atom is -0.366 e. The molecule has 2 aliphatic heterocycles. The van der Waals surface area contributed by atoms with E-state index in [0.717, 1.165) is 42.9 Å². The monoisotopic (exact) mass is 540 g/mol. The molecule has 3 aromatic rings. The van der Waals surface area contributed by atoms with Crippen LogP contribution < -0.4 is 11.1 Å². The van der Waals surface area contributed by atoms with Crippen molar-refractivity contribution in [1.82, 2.24) is 25.0 Å². The zero-order chi connectivity index (χ0) is 28.1. The van der Waals surface area contributed by atoms with E-state index in [1.807, 2.05) is 25.3 Å². The highest BCUT2D eigenvalue weighted by Gasteiger charge is 2.42. The number of aryl methyl sites for hydroxylation is 1. The molecule has 2 aliphatic rings. The van der Waals surface area contributed by atoms with Gasteiger partial charge >= 0.3 is 12.2 Å². The molecule has 206 valence electrons. The summed E-state index contributed by atoms with van der Waals surface area (Å²) in [6, 6.07) is 7.46. The van der Waals surface area contributed by atoms with E-state index < -0.39 is 29.1 Å². The summed E-state index contributed by atoms with van der Waals surface area (Å²) in [5, 5.41) is 11.4. The second kappa shape index (κ2) is 9.69. The zero-order valence-corrected chi connectivity index (χ0v) is 22.1. The molecule has 0 saturated heterocycles. The van der Waals surface area contributed by atoms with Gasteiger partial charge < -0.3 is 20.5 Å². The number of amides is 3. The summed E-state index contributed by atoms with van der Waals surface area (Å²) in [5.74, 6) is 0.939. The Morgan fingerprint density at radius 3 is 2.54 bits per heavy atom. The van der Waals surface area contributed by atoms with Crippen LogP contribution in [-0.4, -0.2) is 38.1 Å². The Bertz CT molecular complexity index is 1440.